The molecule has 1 aromatic carbocycles. The Hall–Kier alpha value is -0.930. The van der Waals surface area contributed by atoms with Crippen molar-refractivity contribution in [3.05, 3.63) is 22.2 Å². The van der Waals surface area contributed by atoms with E-state index in [0.717, 1.165) is 31.0 Å². The molecule has 0 saturated carbocycles. The van der Waals surface area contributed by atoms with Crippen molar-refractivity contribution in [3.8, 4) is 11.5 Å². The summed E-state index contributed by atoms with van der Waals surface area (Å²) in [6.45, 7) is 5.47. The number of hydrogen-bond acceptors (Lipinski definition) is 3. The quantitative estimate of drug-likeness (QED) is 0.894. The third-order valence-corrected chi connectivity index (χ3v) is 4.04. The molecule has 2 aliphatic heterocycles. The van der Waals surface area contributed by atoms with Gasteiger partial charge in [0.25, 0.3) is 0 Å². The Labute approximate surface area is 112 Å². The van der Waals surface area contributed by atoms with Gasteiger partial charge >= 0.3 is 0 Å². The fourth-order valence-electron chi connectivity index (χ4n) is 2.89. The fraction of sp³-hybridized carbons (Fsp3) is 0.571. The Bertz CT molecular complexity index is 456. The van der Waals surface area contributed by atoms with Crippen LogP contribution >= 0.6 is 11.6 Å². The van der Waals surface area contributed by atoms with Crippen LogP contribution in [0.4, 0.5) is 0 Å². The molecule has 0 amide bonds. The van der Waals surface area contributed by atoms with Crippen molar-refractivity contribution in [1.29, 1.82) is 0 Å². The molecule has 2 aliphatic rings. The van der Waals surface area contributed by atoms with Crippen LogP contribution in [0, 0.1) is 0 Å². The maximum absolute atomic E-state index is 6.33. The molecule has 4 heteroatoms. The molecule has 0 aromatic heterocycles. The van der Waals surface area contributed by atoms with Crippen LogP contribution in [-0.2, 0) is 6.42 Å². The van der Waals surface area contributed by atoms with Crippen LogP contribution in [0.5, 0.6) is 11.5 Å². The molecule has 0 spiro atoms. The molecule has 1 atom stereocenters. The summed E-state index contributed by atoms with van der Waals surface area (Å²) in [4.78, 5) is 0. The molecule has 18 heavy (non-hydrogen) atoms. The Morgan fingerprint density at radius 1 is 1.33 bits per heavy atom. The summed E-state index contributed by atoms with van der Waals surface area (Å²) in [6.07, 6.45) is 2.12. The van der Waals surface area contributed by atoms with E-state index in [9.17, 15) is 0 Å². The number of ether oxygens (including phenoxy) is 2. The molecule has 1 fully saturated rings. The standard InChI is InChI=1S/C14H18ClNO2/c1-2-10-11(9-3-4-16-8-9)7-12(15)14-13(10)17-5-6-18-14/h7,9,16H,2-6,8H2,1H3. The van der Waals surface area contributed by atoms with Crippen LogP contribution in [0.1, 0.15) is 30.4 Å². The monoisotopic (exact) mass is 267 g/mol. The zero-order chi connectivity index (χ0) is 12.5. The average Bonchev–Trinajstić information content (AvgIpc) is 2.92. The van der Waals surface area contributed by atoms with Gasteiger partial charge in [0.15, 0.2) is 11.5 Å². The van der Waals surface area contributed by atoms with Crippen LogP contribution < -0.4 is 14.8 Å². The van der Waals surface area contributed by atoms with Gasteiger partial charge in [-0.05, 0) is 36.9 Å². The topological polar surface area (TPSA) is 30.5 Å². The van der Waals surface area contributed by atoms with Crippen LogP contribution in [0.15, 0.2) is 6.07 Å². The van der Waals surface area contributed by atoms with Crippen LogP contribution in [0.25, 0.3) is 0 Å². The molecule has 1 saturated heterocycles. The van der Waals surface area contributed by atoms with Gasteiger partial charge in [0.1, 0.15) is 13.2 Å². The van der Waals surface area contributed by atoms with Gasteiger partial charge in [-0.2, -0.15) is 0 Å². The van der Waals surface area contributed by atoms with Gasteiger partial charge < -0.3 is 14.8 Å². The maximum Gasteiger partial charge on any atom is 0.180 e. The normalized spacial score (nSPS) is 22.2. The molecular weight excluding hydrogens is 250 g/mol. The van der Waals surface area contributed by atoms with Crippen LogP contribution in [-0.4, -0.2) is 26.3 Å². The van der Waals surface area contributed by atoms with E-state index >= 15 is 0 Å². The van der Waals surface area contributed by atoms with Gasteiger partial charge in [0.05, 0.1) is 5.02 Å². The van der Waals surface area contributed by atoms with Crippen molar-refractivity contribution in [1.82, 2.24) is 5.32 Å². The molecule has 0 aliphatic carbocycles. The fourth-order valence-corrected chi connectivity index (χ4v) is 3.15. The number of nitrogens with one attached hydrogen (secondary N) is 1. The highest BCUT2D eigenvalue weighted by molar-refractivity contribution is 6.32. The SMILES string of the molecule is CCc1c(C2CCNC2)cc(Cl)c2c1OCCO2. The molecule has 3 nitrogen and oxygen atoms in total. The highest BCUT2D eigenvalue weighted by Crippen LogP contribution is 2.44. The third kappa shape index (κ3) is 1.95. The van der Waals surface area contributed by atoms with Gasteiger partial charge in [-0.15, -0.1) is 0 Å². The summed E-state index contributed by atoms with van der Waals surface area (Å²) < 4.78 is 11.4. The highest BCUT2D eigenvalue weighted by Gasteiger charge is 2.27. The van der Waals surface area contributed by atoms with Crippen molar-refractivity contribution in [2.75, 3.05) is 26.3 Å². The van der Waals surface area contributed by atoms with Crippen molar-refractivity contribution >= 4 is 11.6 Å². The summed E-state index contributed by atoms with van der Waals surface area (Å²) in [6, 6.07) is 2.07. The molecule has 1 unspecified atom stereocenters. The number of rotatable bonds is 2. The minimum atomic E-state index is 0.549. The summed E-state index contributed by atoms with van der Waals surface area (Å²) in [5.74, 6) is 2.15. The first-order valence-electron chi connectivity index (χ1n) is 6.62. The van der Waals surface area contributed by atoms with Crippen molar-refractivity contribution in [2.24, 2.45) is 0 Å². The first kappa shape index (κ1) is 12.1. The predicted molar refractivity (Wildman–Crippen MR) is 72.0 cm³/mol. The summed E-state index contributed by atoms with van der Waals surface area (Å²) in [5.41, 5.74) is 2.60. The van der Waals surface area contributed by atoms with E-state index in [-0.39, 0.29) is 0 Å². The zero-order valence-corrected chi connectivity index (χ0v) is 11.3. The summed E-state index contributed by atoms with van der Waals surface area (Å²) >= 11 is 6.33. The molecule has 1 N–H and O–H groups in total. The van der Waals surface area contributed by atoms with E-state index in [1.54, 1.807) is 0 Å². The van der Waals surface area contributed by atoms with E-state index < -0.39 is 0 Å². The zero-order valence-electron chi connectivity index (χ0n) is 10.6. The third-order valence-electron chi connectivity index (χ3n) is 3.76. The van der Waals surface area contributed by atoms with Gasteiger partial charge in [0, 0.05) is 12.1 Å². The average molecular weight is 268 g/mol. The lowest BCUT2D eigenvalue weighted by molar-refractivity contribution is 0.170. The Morgan fingerprint density at radius 3 is 2.78 bits per heavy atom. The van der Waals surface area contributed by atoms with E-state index in [1.165, 1.54) is 17.5 Å². The smallest absolute Gasteiger partial charge is 0.180 e. The van der Waals surface area contributed by atoms with E-state index in [2.05, 4.69) is 18.3 Å². The number of fused-ring (bicyclic) bond motifs is 1. The number of hydrogen-bond donors (Lipinski definition) is 1. The second kappa shape index (κ2) is 4.98. The van der Waals surface area contributed by atoms with Crippen molar-refractivity contribution in [2.45, 2.75) is 25.7 Å². The molecular formula is C14H18ClNO2. The van der Waals surface area contributed by atoms with Crippen molar-refractivity contribution in [3.63, 3.8) is 0 Å². The molecule has 98 valence electrons. The largest absolute Gasteiger partial charge is 0.486 e. The van der Waals surface area contributed by atoms with Crippen LogP contribution in [0.2, 0.25) is 5.02 Å². The van der Waals surface area contributed by atoms with E-state index in [1.807, 2.05) is 0 Å². The Balaban J connectivity index is 2.10. The summed E-state index contributed by atoms with van der Waals surface area (Å²) in [5, 5.41) is 4.09. The lowest BCUT2D eigenvalue weighted by Crippen LogP contribution is -2.18. The van der Waals surface area contributed by atoms with E-state index in [0.29, 0.717) is 24.2 Å². The first-order chi connectivity index (χ1) is 8.81. The minimum Gasteiger partial charge on any atom is -0.486 e. The lowest BCUT2D eigenvalue weighted by atomic mass is 9.91. The van der Waals surface area contributed by atoms with Gasteiger partial charge in [-0.1, -0.05) is 18.5 Å². The molecule has 0 bridgehead atoms. The Morgan fingerprint density at radius 2 is 2.11 bits per heavy atom. The van der Waals surface area contributed by atoms with Crippen LogP contribution in [0.3, 0.4) is 0 Å². The van der Waals surface area contributed by atoms with Gasteiger partial charge in [0.2, 0.25) is 0 Å². The molecule has 3 rings (SSSR count). The second-order valence-corrected chi connectivity index (χ2v) is 5.23. The number of halogens is 1. The van der Waals surface area contributed by atoms with E-state index in [4.69, 9.17) is 21.1 Å². The Kier molecular flexibility index (Phi) is 3.35. The maximum atomic E-state index is 6.33. The summed E-state index contributed by atoms with van der Waals surface area (Å²) in [7, 11) is 0. The molecule has 2 heterocycles. The number of benzene rings is 1. The van der Waals surface area contributed by atoms with Gasteiger partial charge in [-0.3, -0.25) is 0 Å². The highest BCUT2D eigenvalue weighted by atomic mass is 35.5. The van der Waals surface area contributed by atoms with Crippen molar-refractivity contribution < 1.29 is 9.47 Å². The molecule has 1 aromatic rings. The van der Waals surface area contributed by atoms with Gasteiger partial charge in [-0.25, -0.2) is 0 Å². The first-order valence-corrected chi connectivity index (χ1v) is 7.00. The molecule has 0 radical (unpaired) electrons. The second-order valence-electron chi connectivity index (χ2n) is 4.82. The lowest BCUT2D eigenvalue weighted by Gasteiger charge is -2.25. The predicted octanol–water partition coefficient (Wildman–Crippen LogP) is 2.75. The minimum absolute atomic E-state index is 0.549.